The zero-order valence-electron chi connectivity index (χ0n) is 19.8. The number of fused-ring (bicyclic) bond motifs is 1. The van der Waals surface area contributed by atoms with Gasteiger partial charge in [0.15, 0.2) is 0 Å². The molecule has 0 spiro atoms. The number of carbonyl (C=O) groups excluding carboxylic acids is 1. The first-order chi connectivity index (χ1) is 17.0. The van der Waals surface area contributed by atoms with Gasteiger partial charge in [-0.2, -0.15) is 18.4 Å². The van der Waals surface area contributed by atoms with Crippen LogP contribution >= 0.6 is 0 Å². The van der Waals surface area contributed by atoms with E-state index in [0.717, 1.165) is 30.6 Å². The van der Waals surface area contributed by atoms with Gasteiger partial charge in [-0.15, -0.1) is 0 Å². The molecule has 0 atom stereocenters. The first kappa shape index (κ1) is 28.1. The van der Waals surface area contributed by atoms with Crippen molar-refractivity contribution in [2.75, 3.05) is 18.4 Å². The Morgan fingerprint density at radius 1 is 0.972 bits per heavy atom. The molecule has 0 aromatic heterocycles. The number of hydrogen-bond donors (Lipinski definition) is 2. The lowest BCUT2D eigenvalue weighted by atomic mass is 10.0. The number of hydrogen-bond acceptors (Lipinski definition) is 5. The van der Waals surface area contributed by atoms with Crippen molar-refractivity contribution in [3.8, 4) is 6.07 Å². The Kier molecular flexibility index (Phi) is 10.2. The third-order valence-corrected chi connectivity index (χ3v) is 5.14. The Morgan fingerprint density at radius 2 is 1.50 bits per heavy atom. The van der Waals surface area contributed by atoms with Crippen LogP contribution in [0, 0.1) is 11.3 Å². The summed E-state index contributed by atoms with van der Waals surface area (Å²) >= 11 is 0. The minimum Gasteiger partial charge on any atom is -0.475 e. The van der Waals surface area contributed by atoms with Crippen LogP contribution in [0.5, 0.6) is 0 Å². The van der Waals surface area contributed by atoms with E-state index in [2.05, 4.69) is 48.3 Å². The van der Waals surface area contributed by atoms with Gasteiger partial charge < -0.3 is 9.84 Å². The van der Waals surface area contributed by atoms with Gasteiger partial charge in [-0.1, -0.05) is 38.1 Å². The van der Waals surface area contributed by atoms with Gasteiger partial charge in [0.25, 0.3) is 0 Å². The van der Waals surface area contributed by atoms with Crippen molar-refractivity contribution >= 4 is 28.5 Å². The van der Waals surface area contributed by atoms with E-state index < -0.39 is 18.2 Å². The lowest BCUT2D eigenvalue weighted by Gasteiger charge is -2.18. The number of carboxylic acid groups (broad SMARTS) is 1. The van der Waals surface area contributed by atoms with Crippen LogP contribution in [0.15, 0.2) is 60.7 Å². The van der Waals surface area contributed by atoms with Crippen molar-refractivity contribution < 1.29 is 32.6 Å². The molecule has 0 radical (unpaired) electrons. The summed E-state index contributed by atoms with van der Waals surface area (Å²) in [4.78, 5) is 23.3. The van der Waals surface area contributed by atoms with E-state index >= 15 is 0 Å². The van der Waals surface area contributed by atoms with E-state index in [1.54, 1.807) is 24.3 Å². The summed E-state index contributed by atoms with van der Waals surface area (Å²) < 4.78 is 37.1. The zero-order valence-corrected chi connectivity index (χ0v) is 19.8. The van der Waals surface area contributed by atoms with Crippen molar-refractivity contribution in [1.82, 2.24) is 4.90 Å². The predicted octanol–water partition coefficient (Wildman–Crippen LogP) is 5.94. The van der Waals surface area contributed by atoms with Gasteiger partial charge in [-0.05, 0) is 71.4 Å². The lowest BCUT2D eigenvalue weighted by molar-refractivity contribution is -0.192. The number of aliphatic carboxylic acids is 1. The molecule has 0 saturated carbocycles. The molecule has 0 aliphatic heterocycles. The molecule has 0 aliphatic rings. The number of alkyl halides is 3. The second-order valence-corrected chi connectivity index (χ2v) is 7.67. The van der Waals surface area contributed by atoms with Gasteiger partial charge in [0.2, 0.25) is 0 Å². The Labute approximate surface area is 206 Å². The third kappa shape index (κ3) is 8.92. The van der Waals surface area contributed by atoms with E-state index in [1.165, 1.54) is 10.9 Å². The molecular weight excluding hydrogens is 475 g/mol. The minimum atomic E-state index is -5.08. The fraction of sp³-hybridized carbons (Fsp3) is 0.269. The van der Waals surface area contributed by atoms with Crippen molar-refractivity contribution in [2.45, 2.75) is 33.2 Å². The molecule has 3 aromatic carbocycles. The van der Waals surface area contributed by atoms with E-state index in [4.69, 9.17) is 19.9 Å². The van der Waals surface area contributed by atoms with Gasteiger partial charge >= 0.3 is 18.2 Å². The number of benzene rings is 3. The van der Waals surface area contributed by atoms with Gasteiger partial charge in [0, 0.05) is 12.2 Å². The van der Waals surface area contributed by atoms with Crippen molar-refractivity contribution in [1.29, 1.82) is 5.26 Å². The molecule has 1 amide bonds. The Balaban J connectivity index is 0.000000572. The maximum Gasteiger partial charge on any atom is 0.490 e. The van der Waals surface area contributed by atoms with Gasteiger partial charge in [0.05, 0.1) is 11.6 Å². The number of halogens is 3. The zero-order chi connectivity index (χ0) is 26.7. The Hall–Kier alpha value is -4.10. The maximum atomic E-state index is 12.0. The minimum absolute atomic E-state index is 0.194. The normalized spacial score (nSPS) is 10.8. The van der Waals surface area contributed by atoms with Crippen LogP contribution < -0.4 is 5.32 Å². The summed E-state index contributed by atoms with van der Waals surface area (Å²) in [5.41, 5.74) is 3.37. The molecule has 10 heteroatoms. The van der Waals surface area contributed by atoms with Crippen LogP contribution in [-0.2, 0) is 22.7 Å². The van der Waals surface area contributed by atoms with Crippen molar-refractivity contribution in [3.05, 3.63) is 77.4 Å². The first-order valence-electron chi connectivity index (χ1n) is 11.0. The van der Waals surface area contributed by atoms with Crippen LogP contribution in [0.25, 0.3) is 10.8 Å². The predicted molar refractivity (Wildman–Crippen MR) is 129 cm³/mol. The van der Waals surface area contributed by atoms with Crippen LogP contribution in [-0.4, -0.2) is 41.3 Å². The van der Waals surface area contributed by atoms with E-state index in [0.29, 0.717) is 11.3 Å². The fourth-order valence-electron chi connectivity index (χ4n) is 3.17. The van der Waals surface area contributed by atoms with E-state index in [1.807, 2.05) is 18.2 Å². The van der Waals surface area contributed by atoms with E-state index in [-0.39, 0.29) is 6.61 Å². The number of nitriles is 1. The number of ether oxygens (including phenoxy) is 1. The summed E-state index contributed by atoms with van der Waals surface area (Å²) in [5, 5.41) is 20.9. The summed E-state index contributed by atoms with van der Waals surface area (Å²) in [7, 11) is 0. The van der Waals surface area contributed by atoms with Crippen LogP contribution in [0.2, 0.25) is 0 Å². The lowest BCUT2D eigenvalue weighted by Crippen LogP contribution is -2.21. The molecule has 3 aromatic rings. The first-order valence-corrected chi connectivity index (χ1v) is 11.0. The average molecular weight is 502 g/mol. The molecule has 0 bridgehead atoms. The van der Waals surface area contributed by atoms with E-state index in [9.17, 15) is 18.0 Å². The molecule has 0 saturated heterocycles. The monoisotopic (exact) mass is 501 g/mol. The number of carbonyl (C=O) groups is 2. The van der Waals surface area contributed by atoms with Crippen molar-refractivity contribution in [2.24, 2.45) is 0 Å². The van der Waals surface area contributed by atoms with Gasteiger partial charge in [0.1, 0.15) is 6.61 Å². The quantitative estimate of drug-likeness (QED) is 0.416. The van der Waals surface area contributed by atoms with Gasteiger partial charge in [-0.25, -0.2) is 9.59 Å². The largest absolute Gasteiger partial charge is 0.490 e. The molecule has 0 fully saturated rings. The van der Waals surface area contributed by atoms with Crippen molar-refractivity contribution in [3.63, 3.8) is 0 Å². The highest BCUT2D eigenvalue weighted by atomic mass is 19.4. The molecular formula is C26H26F3N3O4. The Bertz CT molecular complexity index is 1220. The summed E-state index contributed by atoms with van der Waals surface area (Å²) in [6, 6.07) is 21.3. The SMILES string of the molecule is CCN(CC)Cc1ccc2cc(COC(=O)Nc3ccc(C#N)cc3)ccc2c1.O=C(O)C(F)(F)F. The number of carboxylic acids is 1. The number of amides is 1. The summed E-state index contributed by atoms with van der Waals surface area (Å²) in [6.45, 7) is 7.57. The number of anilines is 1. The smallest absolute Gasteiger partial charge is 0.475 e. The van der Waals surface area contributed by atoms with Gasteiger partial charge in [-0.3, -0.25) is 10.2 Å². The molecule has 0 heterocycles. The van der Waals surface area contributed by atoms with Crippen LogP contribution in [0.3, 0.4) is 0 Å². The molecule has 36 heavy (non-hydrogen) atoms. The highest BCUT2D eigenvalue weighted by Gasteiger charge is 2.38. The third-order valence-electron chi connectivity index (χ3n) is 5.14. The molecule has 0 unspecified atom stereocenters. The highest BCUT2D eigenvalue weighted by Crippen LogP contribution is 2.20. The second kappa shape index (κ2) is 13.1. The topological polar surface area (TPSA) is 103 Å². The average Bonchev–Trinajstić information content (AvgIpc) is 2.86. The molecule has 190 valence electrons. The fourth-order valence-corrected chi connectivity index (χ4v) is 3.17. The standard InChI is InChI=1S/C24H25N3O2.C2HF3O2/c1-3-27(4-2)16-19-5-9-22-14-20(6-10-21(22)13-19)17-29-24(28)26-23-11-7-18(15-25)8-12-23;3-2(4,5)1(6)7/h5-14H,3-4,16-17H2,1-2H3,(H,26,28);(H,6,7). The van der Waals surface area contributed by atoms with Crippen LogP contribution in [0.1, 0.15) is 30.5 Å². The highest BCUT2D eigenvalue weighted by molar-refractivity contribution is 5.85. The number of rotatable bonds is 7. The molecule has 0 aliphatic carbocycles. The maximum absolute atomic E-state index is 12.0. The van der Waals surface area contributed by atoms with Crippen LogP contribution in [0.4, 0.5) is 23.7 Å². The molecule has 3 rings (SSSR count). The summed E-state index contributed by atoms with van der Waals surface area (Å²) in [6.07, 6.45) is -5.61. The molecule has 7 nitrogen and oxygen atoms in total. The second-order valence-electron chi connectivity index (χ2n) is 7.67. The number of nitrogens with zero attached hydrogens (tertiary/aromatic N) is 2. The molecule has 2 N–H and O–H groups in total. The number of nitrogens with one attached hydrogen (secondary N) is 1. The summed E-state index contributed by atoms with van der Waals surface area (Å²) in [5.74, 6) is -2.76. The Morgan fingerprint density at radius 3 is 2.00 bits per heavy atom.